The molecular weight excluding hydrogens is 624 g/mol. The summed E-state index contributed by atoms with van der Waals surface area (Å²) in [6.45, 7) is 3.13. The number of carboxylic acid groups (broad SMARTS) is 1. The lowest BCUT2D eigenvalue weighted by molar-refractivity contribution is -0.143. The molecular formula is C37H42N6O6. The van der Waals surface area contributed by atoms with Gasteiger partial charge in [0.25, 0.3) is 0 Å². The zero-order valence-corrected chi connectivity index (χ0v) is 28.0. The van der Waals surface area contributed by atoms with E-state index in [9.17, 15) is 19.5 Å². The normalized spacial score (nSPS) is 22.0. The number of amides is 3. The lowest BCUT2D eigenvalue weighted by Crippen LogP contribution is -2.55. The number of hydrogen-bond acceptors (Lipinski definition) is 7. The highest BCUT2D eigenvalue weighted by atomic mass is 16.5. The number of rotatable bonds is 9. The van der Waals surface area contributed by atoms with Gasteiger partial charge in [0.1, 0.15) is 23.1 Å². The smallest absolute Gasteiger partial charge is 0.330 e. The van der Waals surface area contributed by atoms with Crippen LogP contribution < -0.4 is 20.1 Å². The molecule has 3 N–H and O–H groups in total. The van der Waals surface area contributed by atoms with Crippen LogP contribution in [0, 0.1) is 12.8 Å². The van der Waals surface area contributed by atoms with Gasteiger partial charge in [-0.2, -0.15) is 5.10 Å². The molecule has 0 radical (unpaired) electrons. The third kappa shape index (κ3) is 7.38. The van der Waals surface area contributed by atoms with Gasteiger partial charge < -0.3 is 30.1 Å². The first-order chi connectivity index (χ1) is 23.7. The van der Waals surface area contributed by atoms with Crippen LogP contribution in [0.5, 0.6) is 11.5 Å². The third-order valence-electron chi connectivity index (χ3n) is 9.33. The molecule has 1 aliphatic carbocycles. The minimum atomic E-state index is -1.38. The molecule has 1 aliphatic heterocycles. The Kier molecular flexibility index (Phi) is 9.84. The van der Waals surface area contributed by atoms with E-state index in [4.69, 9.17) is 14.5 Å². The number of nitrogens with one attached hydrogen (secondary N) is 2. The molecule has 6 rings (SSSR count). The molecule has 3 heterocycles. The van der Waals surface area contributed by atoms with E-state index >= 15 is 0 Å². The molecule has 0 bridgehead atoms. The number of nitrogens with zero attached hydrogens (tertiary/aromatic N) is 4. The van der Waals surface area contributed by atoms with Crippen molar-refractivity contribution >= 4 is 28.8 Å². The molecule has 12 nitrogen and oxygen atoms in total. The quantitative estimate of drug-likeness (QED) is 0.213. The summed E-state index contributed by atoms with van der Waals surface area (Å²) in [4.78, 5) is 45.5. The first kappa shape index (κ1) is 33.5. The fourth-order valence-corrected chi connectivity index (χ4v) is 6.28. The summed E-state index contributed by atoms with van der Waals surface area (Å²) in [5.74, 6) is -0.722. The molecule has 0 saturated heterocycles. The van der Waals surface area contributed by atoms with Crippen molar-refractivity contribution in [2.45, 2.75) is 57.2 Å². The molecule has 3 unspecified atom stereocenters. The highest BCUT2D eigenvalue weighted by Gasteiger charge is 2.60. The first-order valence-electron chi connectivity index (χ1n) is 16.6. The highest BCUT2D eigenvalue weighted by molar-refractivity contribution is 5.94. The first-order valence-corrected chi connectivity index (χ1v) is 16.6. The van der Waals surface area contributed by atoms with Crippen LogP contribution in [0.25, 0.3) is 22.2 Å². The van der Waals surface area contributed by atoms with Gasteiger partial charge in [-0.1, -0.05) is 42.5 Å². The molecule has 256 valence electrons. The van der Waals surface area contributed by atoms with Crippen LogP contribution in [0.15, 0.2) is 73.1 Å². The Balaban J connectivity index is 1.26. The second-order valence-electron chi connectivity index (χ2n) is 12.8. The van der Waals surface area contributed by atoms with E-state index in [1.165, 1.54) is 0 Å². The zero-order chi connectivity index (χ0) is 34.5. The maximum Gasteiger partial charge on any atom is 0.330 e. The third-order valence-corrected chi connectivity index (χ3v) is 9.33. The standard InChI is InChI=1S/C37H42N6O6/c1-24-31(48-3)15-14-28-32(19-30(39-33(24)28)26-21-38-43(23-26)22-25-11-7-6-8-12-25)49-18-16-29-34(44)41-37(35(45)46)20-27(37)13-9-4-5-10-17-42(2)36(47)40-29/h6-9,11-15,19,21,23,27,29H,4-5,10,16-18,20,22H2,1-3H3,(H,40,47)(H,41,44)(H,45,46)/b13-9-. The number of ether oxygens (including phenoxy) is 2. The van der Waals surface area contributed by atoms with Gasteiger partial charge in [0.05, 0.1) is 37.7 Å². The van der Waals surface area contributed by atoms with Crippen molar-refractivity contribution in [3.63, 3.8) is 0 Å². The number of fused-ring (bicyclic) bond motifs is 2. The van der Waals surface area contributed by atoms with E-state index in [-0.39, 0.29) is 18.9 Å². The lowest BCUT2D eigenvalue weighted by Gasteiger charge is -2.25. The number of methoxy groups -OCH3 is 1. The van der Waals surface area contributed by atoms with Crippen molar-refractivity contribution in [2.75, 3.05) is 27.3 Å². The van der Waals surface area contributed by atoms with Crippen molar-refractivity contribution in [3.8, 4) is 22.8 Å². The highest BCUT2D eigenvalue weighted by Crippen LogP contribution is 2.45. The van der Waals surface area contributed by atoms with E-state index in [0.717, 1.165) is 41.3 Å². The molecule has 49 heavy (non-hydrogen) atoms. The number of allylic oxidation sites excluding steroid dienone is 1. The van der Waals surface area contributed by atoms with Gasteiger partial charge in [-0.05, 0) is 50.3 Å². The predicted molar refractivity (Wildman–Crippen MR) is 184 cm³/mol. The second-order valence-corrected chi connectivity index (χ2v) is 12.8. The molecule has 4 aromatic rings. The number of hydrogen-bond donors (Lipinski definition) is 3. The number of benzene rings is 2. The van der Waals surface area contributed by atoms with Gasteiger partial charge in [0.15, 0.2) is 0 Å². The second kappa shape index (κ2) is 14.4. The minimum absolute atomic E-state index is 0.0579. The van der Waals surface area contributed by atoms with Crippen molar-refractivity contribution < 1.29 is 29.0 Å². The Morgan fingerprint density at radius 3 is 2.71 bits per heavy atom. The number of carbonyl (C=O) groups excluding carboxylic acids is 2. The van der Waals surface area contributed by atoms with E-state index < -0.39 is 29.5 Å². The maximum atomic E-state index is 13.6. The summed E-state index contributed by atoms with van der Waals surface area (Å²) in [7, 11) is 3.29. The molecule has 2 aromatic carbocycles. The number of carbonyl (C=O) groups is 3. The monoisotopic (exact) mass is 666 g/mol. The number of aromatic nitrogens is 3. The van der Waals surface area contributed by atoms with Gasteiger partial charge >= 0.3 is 12.0 Å². The molecule has 2 aliphatic rings. The Labute approximate surface area is 285 Å². The van der Waals surface area contributed by atoms with Crippen LogP contribution in [0.2, 0.25) is 0 Å². The van der Waals surface area contributed by atoms with Gasteiger partial charge in [0.2, 0.25) is 5.91 Å². The average molecular weight is 667 g/mol. The molecule has 0 spiro atoms. The van der Waals surface area contributed by atoms with Crippen molar-refractivity contribution in [1.29, 1.82) is 0 Å². The Morgan fingerprint density at radius 2 is 1.94 bits per heavy atom. The number of pyridine rings is 1. The number of urea groups is 1. The number of aryl methyl sites for hydroxylation is 1. The molecule has 3 amide bonds. The van der Waals surface area contributed by atoms with Crippen LogP contribution in [0.1, 0.15) is 43.2 Å². The van der Waals surface area contributed by atoms with Crippen LogP contribution in [0.4, 0.5) is 4.79 Å². The summed E-state index contributed by atoms with van der Waals surface area (Å²) in [5, 5.41) is 20.9. The van der Waals surface area contributed by atoms with E-state index in [0.29, 0.717) is 42.2 Å². The van der Waals surface area contributed by atoms with Gasteiger partial charge in [-0.25, -0.2) is 14.6 Å². The maximum absolute atomic E-state index is 13.6. The Hall–Kier alpha value is -5.39. The Bertz CT molecular complexity index is 1870. The summed E-state index contributed by atoms with van der Waals surface area (Å²) >= 11 is 0. The molecule has 2 aromatic heterocycles. The zero-order valence-electron chi connectivity index (χ0n) is 28.0. The number of aliphatic carboxylic acids is 1. The molecule has 1 fully saturated rings. The molecule has 1 saturated carbocycles. The van der Waals surface area contributed by atoms with Crippen molar-refractivity contribution in [1.82, 2.24) is 30.3 Å². The largest absolute Gasteiger partial charge is 0.496 e. The minimum Gasteiger partial charge on any atom is -0.496 e. The number of carboxylic acids is 1. The summed E-state index contributed by atoms with van der Waals surface area (Å²) < 4.78 is 13.8. The van der Waals surface area contributed by atoms with Gasteiger partial charge in [-0.3, -0.25) is 9.48 Å². The molecule has 12 heteroatoms. The van der Waals surface area contributed by atoms with E-state index in [1.54, 1.807) is 25.3 Å². The fraction of sp³-hybridized carbons (Fsp3) is 0.378. The lowest BCUT2D eigenvalue weighted by atomic mass is 10.1. The van der Waals surface area contributed by atoms with Crippen LogP contribution >= 0.6 is 0 Å². The average Bonchev–Trinajstić information content (AvgIpc) is 3.60. The van der Waals surface area contributed by atoms with Gasteiger partial charge in [-0.15, -0.1) is 0 Å². The SMILES string of the molecule is COc1ccc2c(OCCC3NC(=O)N(C)CCCC/C=C\C4CC4(C(=O)O)NC3=O)cc(-c3cnn(Cc4ccccc4)c3)nc2c1C. The topological polar surface area (TPSA) is 148 Å². The van der Waals surface area contributed by atoms with Crippen LogP contribution in [-0.2, 0) is 16.1 Å². The van der Waals surface area contributed by atoms with Crippen molar-refractivity contribution in [3.05, 3.63) is 84.2 Å². The fourth-order valence-electron chi connectivity index (χ4n) is 6.28. The Morgan fingerprint density at radius 1 is 1.12 bits per heavy atom. The van der Waals surface area contributed by atoms with E-state index in [1.807, 2.05) is 78.5 Å². The van der Waals surface area contributed by atoms with Crippen molar-refractivity contribution in [2.24, 2.45) is 5.92 Å². The summed E-state index contributed by atoms with van der Waals surface area (Å²) in [5.41, 5.74) is 2.74. The van der Waals surface area contributed by atoms with E-state index in [2.05, 4.69) is 15.7 Å². The van der Waals surface area contributed by atoms with Gasteiger partial charge in [0, 0.05) is 54.7 Å². The van der Waals surface area contributed by atoms with Crippen LogP contribution in [-0.4, -0.2) is 81.6 Å². The molecule has 3 atom stereocenters. The predicted octanol–water partition coefficient (Wildman–Crippen LogP) is 4.94. The van der Waals surface area contributed by atoms with Crippen LogP contribution in [0.3, 0.4) is 0 Å². The summed E-state index contributed by atoms with van der Waals surface area (Å²) in [6.07, 6.45) is 10.4. The summed E-state index contributed by atoms with van der Waals surface area (Å²) in [6, 6.07) is 14.2.